The fraction of sp³-hybridized carbons (Fsp3) is 0.500. The zero-order chi connectivity index (χ0) is 19.5. The summed E-state index contributed by atoms with van der Waals surface area (Å²) in [7, 11) is 2.15. The van der Waals surface area contributed by atoms with Crippen LogP contribution in [-0.2, 0) is 6.42 Å². The molecular weight excluding hydrogens is 354 g/mol. The van der Waals surface area contributed by atoms with E-state index in [1.807, 2.05) is 6.07 Å². The van der Waals surface area contributed by atoms with E-state index in [0.717, 1.165) is 56.4 Å². The minimum absolute atomic E-state index is 0.0727. The molecule has 8 heteroatoms. The number of rotatable bonds is 5. The molecule has 8 nitrogen and oxygen atoms in total. The van der Waals surface area contributed by atoms with Gasteiger partial charge in [0.2, 0.25) is 0 Å². The maximum atomic E-state index is 12.9. The summed E-state index contributed by atoms with van der Waals surface area (Å²) in [6.45, 7) is 3.03. The van der Waals surface area contributed by atoms with Crippen LogP contribution in [0.1, 0.15) is 46.9 Å². The zero-order valence-corrected chi connectivity index (χ0v) is 16.2. The largest absolute Gasteiger partial charge is 0.383 e. The number of carbonyl (C=O) groups excluding carboxylic acids is 1. The summed E-state index contributed by atoms with van der Waals surface area (Å²) < 4.78 is 0. The number of pyridine rings is 1. The molecule has 4 rings (SSSR count). The minimum atomic E-state index is -0.216. The lowest BCUT2D eigenvalue weighted by atomic mass is 9.97. The topological polar surface area (TPSA) is 109 Å². The molecule has 2 aromatic rings. The van der Waals surface area contributed by atoms with Crippen molar-refractivity contribution in [2.45, 2.75) is 31.7 Å². The van der Waals surface area contributed by atoms with Gasteiger partial charge in [-0.05, 0) is 68.9 Å². The van der Waals surface area contributed by atoms with Gasteiger partial charge in [-0.2, -0.15) is 0 Å². The number of aromatic nitrogens is 3. The van der Waals surface area contributed by atoms with E-state index < -0.39 is 0 Å². The number of carbonyl (C=O) groups is 1. The molecule has 1 saturated heterocycles. The van der Waals surface area contributed by atoms with E-state index in [2.05, 4.69) is 37.5 Å². The number of nitrogen functional groups attached to an aromatic ring is 1. The molecule has 1 aliphatic carbocycles. The molecule has 28 heavy (non-hydrogen) atoms. The van der Waals surface area contributed by atoms with Crippen molar-refractivity contribution in [3.8, 4) is 0 Å². The second kappa shape index (κ2) is 8.10. The van der Waals surface area contributed by atoms with Gasteiger partial charge in [-0.3, -0.25) is 4.79 Å². The molecule has 2 aromatic heterocycles. The van der Waals surface area contributed by atoms with Crippen LogP contribution in [0.5, 0.6) is 0 Å². The number of likely N-dealkylation sites (tertiary alicyclic amines) is 1. The van der Waals surface area contributed by atoms with Crippen molar-refractivity contribution >= 4 is 17.5 Å². The number of amides is 1. The summed E-state index contributed by atoms with van der Waals surface area (Å²) >= 11 is 0. The molecule has 3 heterocycles. The van der Waals surface area contributed by atoms with E-state index in [1.165, 1.54) is 0 Å². The Hall–Kier alpha value is -2.74. The van der Waals surface area contributed by atoms with Crippen LogP contribution in [0, 0.1) is 5.92 Å². The summed E-state index contributed by atoms with van der Waals surface area (Å²) in [5.74, 6) is 1.47. The average Bonchev–Trinajstić information content (AvgIpc) is 3.12. The Balaban J connectivity index is 1.42. The van der Waals surface area contributed by atoms with Crippen LogP contribution in [0.15, 0.2) is 24.7 Å². The van der Waals surface area contributed by atoms with Crippen LogP contribution < -0.4 is 16.4 Å². The Morgan fingerprint density at radius 1 is 1.18 bits per heavy atom. The van der Waals surface area contributed by atoms with Gasteiger partial charge in [-0.25, -0.2) is 15.0 Å². The van der Waals surface area contributed by atoms with Gasteiger partial charge in [0.15, 0.2) is 11.5 Å². The first kappa shape index (κ1) is 18.6. The number of fused-ring (bicyclic) bond motifs is 1. The zero-order valence-electron chi connectivity index (χ0n) is 16.2. The number of nitrogens with two attached hydrogens (primary N) is 1. The first-order valence-corrected chi connectivity index (χ1v) is 9.89. The standard InChI is InChI=1S/C20H27N7O/c1-27-10-5-13(6-11-27)12-25-19-17(22-8-9-24-19)20(28)26-16-3-2-15-14(16)4-7-23-18(15)21/h4,7-9,13,16H,2-3,5-6,10-12H2,1H3,(H2,21,23)(H,24,25)(H,26,28)/t16-/m1/s1. The third kappa shape index (κ3) is 3.91. The van der Waals surface area contributed by atoms with Gasteiger partial charge in [-0.1, -0.05) is 0 Å². The summed E-state index contributed by atoms with van der Waals surface area (Å²) in [6.07, 6.45) is 8.80. The van der Waals surface area contributed by atoms with E-state index in [-0.39, 0.29) is 11.9 Å². The molecule has 0 aromatic carbocycles. The van der Waals surface area contributed by atoms with Gasteiger partial charge in [0.25, 0.3) is 5.91 Å². The third-order valence-electron chi connectivity index (χ3n) is 5.80. The maximum Gasteiger partial charge on any atom is 0.274 e. The second-order valence-electron chi connectivity index (χ2n) is 7.71. The monoisotopic (exact) mass is 381 g/mol. The summed E-state index contributed by atoms with van der Waals surface area (Å²) in [5, 5.41) is 6.44. The first-order valence-electron chi connectivity index (χ1n) is 9.89. The molecule has 0 radical (unpaired) electrons. The predicted octanol–water partition coefficient (Wildman–Crippen LogP) is 1.62. The molecular formula is C20H27N7O. The lowest BCUT2D eigenvalue weighted by Crippen LogP contribution is -2.33. The van der Waals surface area contributed by atoms with Gasteiger partial charge in [0.05, 0.1) is 6.04 Å². The quantitative estimate of drug-likeness (QED) is 0.722. The van der Waals surface area contributed by atoms with Gasteiger partial charge in [0, 0.05) is 25.1 Å². The summed E-state index contributed by atoms with van der Waals surface area (Å²) in [5.41, 5.74) is 8.38. The Morgan fingerprint density at radius 2 is 1.96 bits per heavy atom. The van der Waals surface area contributed by atoms with Gasteiger partial charge >= 0.3 is 0 Å². The Kier molecular flexibility index (Phi) is 5.38. The van der Waals surface area contributed by atoms with Crippen LogP contribution in [0.2, 0.25) is 0 Å². The van der Waals surface area contributed by atoms with Crippen LogP contribution in [0.4, 0.5) is 11.6 Å². The highest BCUT2D eigenvalue weighted by atomic mass is 16.2. The average molecular weight is 381 g/mol. The molecule has 1 aliphatic heterocycles. The fourth-order valence-electron chi connectivity index (χ4n) is 4.08. The van der Waals surface area contributed by atoms with Crippen molar-refractivity contribution in [3.63, 3.8) is 0 Å². The smallest absolute Gasteiger partial charge is 0.274 e. The first-order chi connectivity index (χ1) is 13.6. The lowest BCUT2D eigenvalue weighted by molar-refractivity contribution is 0.0932. The normalized spacial score (nSPS) is 20.0. The van der Waals surface area contributed by atoms with Gasteiger partial charge < -0.3 is 21.3 Å². The molecule has 0 unspecified atom stereocenters. The van der Waals surface area contributed by atoms with Crippen LogP contribution in [-0.4, -0.2) is 52.4 Å². The van der Waals surface area contributed by atoms with Crippen LogP contribution >= 0.6 is 0 Å². The summed E-state index contributed by atoms with van der Waals surface area (Å²) in [4.78, 5) is 28.0. The lowest BCUT2D eigenvalue weighted by Gasteiger charge is -2.29. The minimum Gasteiger partial charge on any atom is -0.383 e. The fourth-order valence-corrected chi connectivity index (χ4v) is 4.08. The second-order valence-corrected chi connectivity index (χ2v) is 7.71. The molecule has 1 fully saturated rings. The SMILES string of the molecule is CN1CCC(CNc2nccnc2C(=O)N[C@@H]2CCc3c2ccnc3N)CC1. The van der Waals surface area contributed by atoms with Crippen molar-refractivity contribution in [2.75, 3.05) is 37.7 Å². The number of hydrogen-bond donors (Lipinski definition) is 3. The van der Waals surface area contributed by atoms with E-state index in [4.69, 9.17) is 5.73 Å². The maximum absolute atomic E-state index is 12.9. The van der Waals surface area contributed by atoms with Gasteiger partial charge in [0.1, 0.15) is 5.82 Å². The summed E-state index contributed by atoms with van der Waals surface area (Å²) in [6, 6.07) is 1.86. The predicted molar refractivity (Wildman–Crippen MR) is 108 cm³/mol. The van der Waals surface area contributed by atoms with E-state index in [9.17, 15) is 4.79 Å². The van der Waals surface area contributed by atoms with Gasteiger partial charge in [-0.15, -0.1) is 0 Å². The Morgan fingerprint density at radius 3 is 2.79 bits per heavy atom. The number of anilines is 2. The number of hydrogen-bond acceptors (Lipinski definition) is 7. The number of piperidine rings is 1. The van der Waals surface area contributed by atoms with Crippen LogP contribution in [0.25, 0.3) is 0 Å². The van der Waals surface area contributed by atoms with E-state index in [1.54, 1.807) is 18.6 Å². The van der Waals surface area contributed by atoms with Crippen molar-refractivity contribution in [3.05, 3.63) is 41.5 Å². The number of nitrogens with one attached hydrogen (secondary N) is 2. The number of nitrogens with zero attached hydrogens (tertiary/aromatic N) is 4. The van der Waals surface area contributed by atoms with E-state index >= 15 is 0 Å². The highest BCUT2D eigenvalue weighted by Gasteiger charge is 2.27. The highest BCUT2D eigenvalue weighted by molar-refractivity contribution is 5.97. The van der Waals surface area contributed by atoms with E-state index in [0.29, 0.717) is 23.2 Å². The molecule has 0 saturated carbocycles. The Bertz CT molecular complexity index is 848. The molecule has 0 spiro atoms. The van der Waals surface area contributed by atoms with Crippen molar-refractivity contribution < 1.29 is 4.79 Å². The molecule has 4 N–H and O–H groups in total. The van der Waals surface area contributed by atoms with Crippen molar-refractivity contribution in [1.82, 2.24) is 25.2 Å². The Labute approximate surface area is 165 Å². The third-order valence-corrected chi connectivity index (χ3v) is 5.80. The van der Waals surface area contributed by atoms with Crippen LogP contribution in [0.3, 0.4) is 0 Å². The molecule has 0 bridgehead atoms. The van der Waals surface area contributed by atoms with Crippen molar-refractivity contribution in [2.24, 2.45) is 5.92 Å². The molecule has 1 amide bonds. The van der Waals surface area contributed by atoms with Crippen molar-refractivity contribution in [1.29, 1.82) is 0 Å². The molecule has 148 valence electrons. The highest BCUT2D eigenvalue weighted by Crippen LogP contribution is 2.33. The molecule has 2 aliphatic rings. The molecule has 1 atom stereocenters.